The molecule has 0 saturated carbocycles. The lowest BCUT2D eigenvalue weighted by Gasteiger charge is -2.09. The van der Waals surface area contributed by atoms with Crippen LogP contribution in [0, 0.1) is 5.82 Å². The monoisotopic (exact) mass is 401 g/mol. The summed E-state index contributed by atoms with van der Waals surface area (Å²) in [6.07, 6.45) is 2.81. The highest BCUT2D eigenvalue weighted by molar-refractivity contribution is 6.38. The number of benzene rings is 2. The van der Waals surface area contributed by atoms with Crippen molar-refractivity contribution < 1.29 is 13.9 Å². The number of nitrogens with zero attached hydrogens (tertiary/aromatic N) is 2. The fourth-order valence-corrected chi connectivity index (χ4v) is 3.14. The molecule has 0 atom stereocenters. The molecule has 0 aliphatic carbocycles. The Morgan fingerprint density at radius 1 is 1.07 bits per heavy atom. The molecule has 4 rings (SSSR count). The summed E-state index contributed by atoms with van der Waals surface area (Å²) in [5.41, 5.74) is 1.01. The minimum atomic E-state index is -0.498. The van der Waals surface area contributed by atoms with Crippen molar-refractivity contribution in [3.63, 3.8) is 0 Å². The summed E-state index contributed by atoms with van der Waals surface area (Å²) in [7, 11) is 0. The van der Waals surface area contributed by atoms with Crippen LogP contribution in [0.3, 0.4) is 0 Å². The van der Waals surface area contributed by atoms with Gasteiger partial charge in [-0.1, -0.05) is 35.3 Å². The number of H-pyrrole nitrogens is 1. The van der Waals surface area contributed by atoms with E-state index in [0.717, 1.165) is 0 Å². The zero-order valence-corrected chi connectivity index (χ0v) is 15.1. The molecule has 1 N–H and O–H groups in total. The van der Waals surface area contributed by atoms with E-state index in [-0.39, 0.29) is 27.3 Å². The maximum Gasteiger partial charge on any atom is 0.196 e. The van der Waals surface area contributed by atoms with Crippen molar-refractivity contribution in [2.75, 3.05) is 0 Å². The van der Waals surface area contributed by atoms with Crippen LogP contribution in [0.5, 0.6) is 11.5 Å². The minimum Gasteiger partial charge on any atom is -0.454 e. The van der Waals surface area contributed by atoms with Gasteiger partial charge in [0.25, 0.3) is 0 Å². The Morgan fingerprint density at radius 2 is 1.89 bits per heavy atom. The Kier molecular flexibility index (Phi) is 4.51. The summed E-state index contributed by atoms with van der Waals surface area (Å²) in [4.78, 5) is 23.7. The molecule has 2 aromatic carbocycles. The fraction of sp³-hybridized carbons (Fsp3) is 0. The molecule has 4 aromatic rings. The van der Waals surface area contributed by atoms with Crippen LogP contribution in [-0.2, 0) is 0 Å². The van der Waals surface area contributed by atoms with Crippen molar-refractivity contribution in [1.29, 1.82) is 0 Å². The summed E-state index contributed by atoms with van der Waals surface area (Å²) in [5.74, 6) is -0.474. The Bertz CT molecular complexity index is 1180. The Balaban J connectivity index is 1.68. The zero-order chi connectivity index (χ0) is 19.0. The van der Waals surface area contributed by atoms with Gasteiger partial charge < -0.3 is 9.72 Å². The van der Waals surface area contributed by atoms with E-state index in [4.69, 9.17) is 27.9 Å². The van der Waals surface area contributed by atoms with Gasteiger partial charge >= 0.3 is 0 Å². The molecule has 8 heteroatoms. The van der Waals surface area contributed by atoms with Gasteiger partial charge in [0.05, 0.1) is 16.0 Å². The predicted molar refractivity (Wildman–Crippen MR) is 100 cm³/mol. The lowest BCUT2D eigenvalue weighted by molar-refractivity contribution is 0.104. The Morgan fingerprint density at radius 3 is 2.67 bits per heavy atom. The zero-order valence-electron chi connectivity index (χ0n) is 13.5. The summed E-state index contributed by atoms with van der Waals surface area (Å²) >= 11 is 12.4. The van der Waals surface area contributed by atoms with Gasteiger partial charge in [0.1, 0.15) is 22.9 Å². The second kappa shape index (κ2) is 6.98. The molecule has 0 bridgehead atoms. The first-order chi connectivity index (χ1) is 13.0. The molecular weight excluding hydrogens is 392 g/mol. The van der Waals surface area contributed by atoms with Crippen molar-refractivity contribution in [3.05, 3.63) is 82.1 Å². The number of carbonyl (C=O) groups is 1. The maximum absolute atomic E-state index is 13.7. The number of ether oxygens (including phenoxy) is 1. The van der Waals surface area contributed by atoms with Crippen LogP contribution in [0.4, 0.5) is 4.39 Å². The van der Waals surface area contributed by atoms with Gasteiger partial charge in [-0.15, -0.1) is 0 Å². The minimum absolute atomic E-state index is 0.0632. The molecule has 27 heavy (non-hydrogen) atoms. The van der Waals surface area contributed by atoms with E-state index < -0.39 is 5.82 Å². The Labute approximate surface area is 162 Å². The van der Waals surface area contributed by atoms with Gasteiger partial charge in [0.15, 0.2) is 17.3 Å². The highest BCUT2D eigenvalue weighted by Crippen LogP contribution is 2.31. The van der Waals surface area contributed by atoms with Gasteiger partial charge in [-0.25, -0.2) is 14.4 Å². The van der Waals surface area contributed by atoms with Crippen LogP contribution in [0.1, 0.15) is 15.9 Å². The lowest BCUT2D eigenvalue weighted by atomic mass is 10.0. The number of para-hydroxylation sites is 1. The quantitative estimate of drug-likeness (QED) is 0.365. The number of fused-ring (bicyclic) bond motifs is 1. The number of carbonyl (C=O) groups excluding carboxylic acids is 1. The third-order valence-electron chi connectivity index (χ3n) is 3.92. The summed E-state index contributed by atoms with van der Waals surface area (Å²) in [6, 6.07) is 10.5. The molecule has 2 aromatic heterocycles. The van der Waals surface area contributed by atoms with Crippen LogP contribution in [0.15, 0.2) is 55.0 Å². The van der Waals surface area contributed by atoms with E-state index >= 15 is 0 Å². The molecule has 0 fully saturated rings. The number of hydrogen-bond donors (Lipinski definition) is 1. The molecule has 0 saturated heterocycles. The van der Waals surface area contributed by atoms with E-state index in [9.17, 15) is 9.18 Å². The van der Waals surface area contributed by atoms with Crippen LogP contribution in [-0.4, -0.2) is 20.7 Å². The molecule has 0 aliphatic heterocycles. The first kappa shape index (κ1) is 17.5. The molecular formula is C19H10Cl2FN3O2. The predicted octanol–water partition coefficient (Wildman–Crippen LogP) is 5.43. The van der Waals surface area contributed by atoms with Crippen molar-refractivity contribution in [3.8, 4) is 11.5 Å². The molecule has 0 spiro atoms. The average molecular weight is 402 g/mol. The number of ketones is 1. The van der Waals surface area contributed by atoms with E-state index in [2.05, 4.69) is 15.0 Å². The van der Waals surface area contributed by atoms with Gasteiger partial charge in [-0.3, -0.25) is 4.79 Å². The van der Waals surface area contributed by atoms with E-state index in [1.165, 1.54) is 36.8 Å². The number of aromatic nitrogens is 3. The molecule has 0 unspecified atom stereocenters. The third kappa shape index (κ3) is 3.25. The molecule has 2 heterocycles. The van der Waals surface area contributed by atoms with Crippen molar-refractivity contribution >= 4 is 40.0 Å². The molecule has 0 amide bonds. The second-order valence-corrected chi connectivity index (χ2v) is 6.36. The molecule has 134 valence electrons. The van der Waals surface area contributed by atoms with Gasteiger partial charge in [-0.2, -0.15) is 0 Å². The molecule has 0 aliphatic rings. The largest absolute Gasteiger partial charge is 0.454 e. The standard InChI is InChI=1S/C19H10Cl2FN3O2/c20-13-7-10(27-15-4-2-1-3-14(15)22)5-6-11(13)17(26)12-8-23-19-16(12)18(21)24-9-25-19/h1-9H,(H,23,24,25). The number of rotatable bonds is 4. The topological polar surface area (TPSA) is 67.9 Å². The summed E-state index contributed by atoms with van der Waals surface area (Å²) in [6.45, 7) is 0. The SMILES string of the molecule is O=C(c1ccc(Oc2ccccc2F)cc1Cl)c1c[nH]c2ncnc(Cl)c12. The normalized spacial score (nSPS) is 10.9. The van der Waals surface area contributed by atoms with Crippen molar-refractivity contribution in [2.45, 2.75) is 0 Å². The molecule has 0 radical (unpaired) electrons. The van der Waals surface area contributed by atoms with Gasteiger partial charge in [0, 0.05) is 17.8 Å². The highest BCUT2D eigenvalue weighted by atomic mass is 35.5. The smallest absolute Gasteiger partial charge is 0.196 e. The summed E-state index contributed by atoms with van der Waals surface area (Å²) in [5, 5.41) is 0.753. The van der Waals surface area contributed by atoms with Crippen LogP contribution in [0.2, 0.25) is 10.2 Å². The van der Waals surface area contributed by atoms with Crippen LogP contribution >= 0.6 is 23.2 Å². The van der Waals surface area contributed by atoms with E-state index in [1.807, 2.05) is 0 Å². The Hall–Kier alpha value is -2.96. The lowest BCUT2D eigenvalue weighted by Crippen LogP contribution is -2.02. The van der Waals surface area contributed by atoms with Crippen LogP contribution < -0.4 is 4.74 Å². The van der Waals surface area contributed by atoms with Gasteiger partial charge in [-0.05, 0) is 24.3 Å². The maximum atomic E-state index is 13.7. The van der Waals surface area contributed by atoms with Crippen molar-refractivity contribution in [2.24, 2.45) is 0 Å². The second-order valence-electron chi connectivity index (χ2n) is 5.59. The van der Waals surface area contributed by atoms with Gasteiger partial charge in [0.2, 0.25) is 0 Å². The number of halogens is 3. The van der Waals surface area contributed by atoms with E-state index in [0.29, 0.717) is 22.3 Å². The number of nitrogens with one attached hydrogen (secondary N) is 1. The fourth-order valence-electron chi connectivity index (χ4n) is 2.65. The van der Waals surface area contributed by atoms with E-state index in [1.54, 1.807) is 18.2 Å². The average Bonchev–Trinajstić information content (AvgIpc) is 3.09. The van der Waals surface area contributed by atoms with Crippen molar-refractivity contribution in [1.82, 2.24) is 15.0 Å². The number of hydrogen-bond acceptors (Lipinski definition) is 4. The number of aromatic amines is 1. The highest BCUT2D eigenvalue weighted by Gasteiger charge is 2.20. The molecule has 5 nitrogen and oxygen atoms in total. The first-order valence-electron chi connectivity index (χ1n) is 7.79. The first-order valence-corrected chi connectivity index (χ1v) is 8.54. The summed E-state index contributed by atoms with van der Waals surface area (Å²) < 4.78 is 19.2. The van der Waals surface area contributed by atoms with Crippen LogP contribution in [0.25, 0.3) is 11.0 Å². The third-order valence-corrected chi connectivity index (χ3v) is 4.52.